The number of hydrogen-bond acceptors (Lipinski definition) is 5. The predicted molar refractivity (Wildman–Crippen MR) is 111 cm³/mol. The molecule has 2 heterocycles. The lowest BCUT2D eigenvalue weighted by molar-refractivity contribution is -0.111. The highest BCUT2D eigenvalue weighted by atomic mass is 16.3. The summed E-state index contributed by atoms with van der Waals surface area (Å²) in [6.45, 7) is 2.08. The Balaban J connectivity index is 1.72. The van der Waals surface area contributed by atoms with Gasteiger partial charge in [0.15, 0.2) is 5.82 Å². The van der Waals surface area contributed by atoms with Crippen LogP contribution in [0.1, 0.15) is 18.2 Å². The Bertz CT molecular complexity index is 1110. The van der Waals surface area contributed by atoms with Gasteiger partial charge in [0.1, 0.15) is 11.5 Å². The number of hydrogen-bond donors (Lipinski definition) is 1. The van der Waals surface area contributed by atoms with Gasteiger partial charge in [0.05, 0.1) is 6.26 Å². The van der Waals surface area contributed by atoms with Gasteiger partial charge in [-0.2, -0.15) is 4.68 Å². The van der Waals surface area contributed by atoms with Crippen LogP contribution in [0.15, 0.2) is 77.4 Å². The molecule has 7 nitrogen and oxygen atoms in total. The first-order valence-corrected chi connectivity index (χ1v) is 9.24. The van der Waals surface area contributed by atoms with Gasteiger partial charge in [0.25, 0.3) is 5.91 Å². The maximum absolute atomic E-state index is 13.1. The highest BCUT2D eigenvalue weighted by Crippen LogP contribution is 2.22. The molecule has 1 N–H and O–H groups in total. The van der Waals surface area contributed by atoms with Gasteiger partial charge in [-0.1, -0.05) is 49.4 Å². The van der Waals surface area contributed by atoms with Gasteiger partial charge in [-0.3, -0.25) is 4.79 Å². The molecule has 2 aromatic carbocycles. The van der Waals surface area contributed by atoms with E-state index < -0.39 is 0 Å². The van der Waals surface area contributed by atoms with Gasteiger partial charge in [-0.25, -0.2) is 0 Å². The fourth-order valence-electron chi connectivity index (χ4n) is 2.87. The highest BCUT2D eigenvalue weighted by Gasteiger charge is 2.20. The third-order valence-electron chi connectivity index (χ3n) is 4.40. The van der Waals surface area contributed by atoms with Crippen LogP contribution in [0.4, 0.5) is 5.69 Å². The predicted octanol–water partition coefficient (Wildman–Crippen LogP) is 4.13. The Hall–Kier alpha value is -4.00. The number of aromatic nitrogens is 4. The Morgan fingerprint density at radius 3 is 2.55 bits per heavy atom. The van der Waals surface area contributed by atoms with E-state index >= 15 is 0 Å². The van der Waals surface area contributed by atoms with Crippen LogP contribution >= 0.6 is 0 Å². The molecule has 7 heteroatoms. The van der Waals surface area contributed by atoms with Gasteiger partial charge in [-0.05, 0) is 46.7 Å². The molecule has 4 aromatic rings. The van der Waals surface area contributed by atoms with Crippen molar-refractivity contribution in [2.45, 2.75) is 13.3 Å². The zero-order chi connectivity index (χ0) is 20.1. The first-order chi connectivity index (χ1) is 14.2. The van der Waals surface area contributed by atoms with Crippen molar-refractivity contribution >= 4 is 23.4 Å². The minimum atomic E-state index is -0.352. The molecule has 0 fully saturated rings. The maximum Gasteiger partial charge on any atom is 0.274 e. The summed E-state index contributed by atoms with van der Waals surface area (Å²) in [5.41, 5.74) is 2.92. The van der Waals surface area contributed by atoms with Crippen LogP contribution in [0.25, 0.3) is 23.2 Å². The summed E-state index contributed by atoms with van der Waals surface area (Å²) in [6, 6.07) is 20.7. The number of anilines is 1. The van der Waals surface area contributed by atoms with Crippen molar-refractivity contribution in [3.63, 3.8) is 0 Å². The van der Waals surface area contributed by atoms with Crippen molar-refractivity contribution in [3.05, 3.63) is 84.3 Å². The first kappa shape index (κ1) is 18.4. The minimum absolute atomic E-state index is 0.239. The zero-order valence-electron chi connectivity index (χ0n) is 15.8. The molecule has 0 spiro atoms. The third-order valence-corrected chi connectivity index (χ3v) is 4.40. The van der Waals surface area contributed by atoms with E-state index in [4.69, 9.17) is 4.42 Å². The largest absolute Gasteiger partial charge is 0.465 e. The Kier molecular flexibility index (Phi) is 5.29. The average molecular weight is 385 g/mol. The Morgan fingerprint density at radius 1 is 1.07 bits per heavy atom. The molecule has 0 saturated heterocycles. The molecule has 144 valence electrons. The Morgan fingerprint density at radius 2 is 1.86 bits per heavy atom. The van der Waals surface area contributed by atoms with E-state index in [1.165, 1.54) is 10.2 Å². The number of carbonyl (C=O) groups is 1. The summed E-state index contributed by atoms with van der Waals surface area (Å²) in [6.07, 6.45) is 4.09. The fourth-order valence-corrected chi connectivity index (χ4v) is 2.87. The summed E-state index contributed by atoms with van der Waals surface area (Å²) in [4.78, 5) is 13.1. The number of furan rings is 1. The third kappa shape index (κ3) is 4.14. The minimum Gasteiger partial charge on any atom is -0.465 e. The van der Waals surface area contributed by atoms with Crippen molar-refractivity contribution in [1.82, 2.24) is 20.2 Å². The van der Waals surface area contributed by atoms with Crippen molar-refractivity contribution in [3.8, 4) is 11.4 Å². The van der Waals surface area contributed by atoms with Crippen LogP contribution in [0.2, 0.25) is 0 Å². The molecule has 0 aliphatic rings. The molecule has 0 aliphatic carbocycles. The van der Waals surface area contributed by atoms with Crippen LogP contribution in [0, 0.1) is 0 Å². The fraction of sp³-hybridized carbons (Fsp3) is 0.0909. The SMILES string of the molecule is CCc1ccc(NC(=O)/C(=C/c2ccco2)n2nnnc2-c2ccccc2)cc1. The second-order valence-corrected chi connectivity index (χ2v) is 6.33. The normalized spacial score (nSPS) is 11.4. The van der Waals surface area contributed by atoms with Crippen molar-refractivity contribution in [2.75, 3.05) is 5.32 Å². The molecular weight excluding hydrogens is 366 g/mol. The number of tetrazole rings is 1. The van der Waals surface area contributed by atoms with E-state index in [9.17, 15) is 4.79 Å². The van der Waals surface area contributed by atoms with Gasteiger partial charge in [0.2, 0.25) is 0 Å². The van der Waals surface area contributed by atoms with Crippen LogP contribution in [-0.4, -0.2) is 26.1 Å². The summed E-state index contributed by atoms with van der Waals surface area (Å²) in [5, 5.41) is 14.8. The van der Waals surface area contributed by atoms with E-state index in [0.29, 0.717) is 17.3 Å². The summed E-state index contributed by atoms with van der Waals surface area (Å²) in [7, 11) is 0. The van der Waals surface area contributed by atoms with E-state index in [-0.39, 0.29) is 11.6 Å². The monoisotopic (exact) mass is 385 g/mol. The molecule has 0 unspecified atom stereocenters. The second-order valence-electron chi connectivity index (χ2n) is 6.33. The number of rotatable bonds is 6. The average Bonchev–Trinajstić information content (AvgIpc) is 3.45. The van der Waals surface area contributed by atoms with Crippen LogP contribution in [-0.2, 0) is 11.2 Å². The molecule has 0 radical (unpaired) electrons. The van der Waals surface area contributed by atoms with E-state index in [2.05, 4.69) is 27.8 Å². The van der Waals surface area contributed by atoms with Gasteiger partial charge >= 0.3 is 0 Å². The second kappa shape index (κ2) is 8.35. The summed E-state index contributed by atoms with van der Waals surface area (Å²) < 4.78 is 6.81. The molecule has 0 bridgehead atoms. The quantitative estimate of drug-likeness (QED) is 0.504. The van der Waals surface area contributed by atoms with E-state index in [1.54, 1.807) is 24.5 Å². The van der Waals surface area contributed by atoms with E-state index in [0.717, 1.165) is 12.0 Å². The Labute approximate surface area is 167 Å². The van der Waals surface area contributed by atoms with E-state index in [1.807, 2.05) is 54.6 Å². The lowest BCUT2D eigenvalue weighted by Crippen LogP contribution is -2.19. The molecule has 4 rings (SSSR count). The molecule has 2 aromatic heterocycles. The number of nitrogens with one attached hydrogen (secondary N) is 1. The summed E-state index contributed by atoms with van der Waals surface area (Å²) >= 11 is 0. The topological polar surface area (TPSA) is 85.8 Å². The standard InChI is InChI=1S/C22H19N5O2/c1-2-16-10-12-18(13-11-16)23-22(28)20(15-19-9-6-14-29-19)27-21(24-25-26-27)17-7-4-3-5-8-17/h3-15H,2H2,1H3,(H,23,28)/b20-15-. The number of aryl methyl sites for hydroxylation is 1. The van der Waals surface area contributed by atoms with Crippen LogP contribution in [0.3, 0.4) is 0 Å². The zero-order valence-corrected chi connectivity index (χ0v) is 15.8. The molecule has 1 amide bonds. The van der Waals surface area contributed by atoms with Crippen LogP contribution in [0.5, 0.6) is 0 Å². The van der Waals surface area contributed by atoms with Gasteiger partial charge in [0, 0.05) is 17.3 Å². The van der Waals surface area contributed by atoms with Crippen LogP contribution < -0.4 is 5.32 Å². The van der Waals surface area contributed by atoms with Gasteiger partial charge in [-0.15, -0.1) is 5.10 Å². The maximum atomic E-state index is 13.1. The lowest BCUT2D eigenvalue weighted by Gasteiger charge is -2.11. The summed E-state index contributed by atoms with van der Waals surface area (Å²) in [5.74, 6) is 0.626. The molecule has 0 atom stereocenters. The van der Waals surface area contributed by atoms with Crippen molar-refractivity contribution < 1.29 is 9.21 Å². The molecule has 0 saturated carbocycles. The first-order valence-electron chi connectivity index (χ1n) is 9.24. The smallest absolute Gasteiger partial charge is 0.274 e. The molecular formula is C22H19N5O2. The molecule has 29 heavy (non-hydrogen) atoms. The highest BCUT2D eigenvalue weighted by molar-refractivity contribution is 6.24. The number of benzene rings is 2. The molecule has 0 aliphatic heterocycles. The van der Waals surface area contributed by atoms with Crippen molar-refractivity contribution in [1.29, 1.82) is 0 Å². The number of amides is 1. The lowest BCUT2D eigenvalue weighted by atomic mass is 10.1. The van der Waals surface area contributed by atoms with Crippen molar-refractivity contribution in [2.24, 2.45) is 0 Å². The van der Waals surface area contributed by atoms with Gasteiger partial charge < -0.3 is 9.73 Å². The number of carbonyl (C=O) groups excluding carboxylic acids is 1. The number of nitrogens with zero attached hydrogens (tertiary/aromatic N) is 4.